The van der Waals surface area contributed by atoms with Gasteiger partial charge in [0.25, 0.3) is 21.0 Å². The molecule has 12 heteroatoms. The van der Waals surface area contributed by atoms with Crippen molar-refractivity contribution in [3.8, 4) is 5.06 Å². The van der Waals surface area contributed by atoms with Crippen molar-refractivity contribution in [1.29, 1.82) is 0 Å². The van der Waals surface area contributed by atoms with Gasteiger partial charge in [-0.1, -0.05) is 0 Å². The summed E-state index contributed by atoms with van der Waals surface area (Å²) in [5.74, 6) is 0.640. The molecule has 1 N–H and O–H groups in total. The van der Waals surface area contributed by atoms with Crippen molar-refractivity contribution in [1.82, 2.24) is 19.6 Å². The summed E-state index contributed by atoms with van der Waals surface area (Å²) in [5.41, 5.74) is 1.74. The first-order valence-corrected chi connectivity index (χ1v) is 10.3. The van der Waals surface area contributed by atoms with Crippen molar-refractivity contribution >= 4 is 39.0 Å². The van der Waals surface area contributed by atoms with Gasteiger partial charge in [0.05, 0.1) is 7.11 Å². The Morgan fingerprint density at radius 3 is 2.85 bits per heavy atom. The van der Waals surface area contributed by atoms with E-state index < -0.39 is 21.3 Å². The van der Waals surface area contributed by atoms with Crippen molar-refractivity contribution in [2.75, 3.05) is 11.8 Å². The molecule has 0 unspecified atom stereocenters. The average Bonchev–Trinajstić information content (AvgIpc) is 3.24. The third-order valence-electron chi connectivity index (χ3n) is 3.94. The number of rotatable bonds is 5. The topological polar surface area (TPSA) is 125 Å². The van der Waals surface area contributed by atoms with Gasteiger partial charge in [0.15, 0.2) is 0 Å². The van der Waals surface area contributed by atoms with Crippen molar-refractivity contribution < 1.29 is 22.7 Å². The van der Waals surface area contributed by atoms with Crippen LogP contribution in [0.15, 0.2) is 22.7 Å². The van der Waals surface area contributed by atoms with Gasteiger partial charge in [0.1, 0.15) is 5.69 Å². The lowest BCUT2D eigenvalue weighted by Crippen LogP contribution is -2.16. The molecule has 1 aliphatic carbocycles. The second-order valence-electron chi connectivity index (χ2n) is 5.99. The Morgan fingerprint density at radius 1 is 1.37 bits per heavy atom. The number of nitrogens with zero attached hydrogens (tertiary/aromatic N) is 4. The van der Waals surface area contributed by atoms with E-state index in [-0.39, 0.29) is 16.5 Å². The third kappa shape index (κ3) is 3.45. The minimum absolute atomic E-state index is 0.0551. The zero-order valence-electron chi connectivity index (χ0n) is 14.4. The summed E-state index contributed by atoms with van der Waals surface area (Å²) in [6, 6.07) is 3.36. The Kier molecular flexibility index (Phi) is 4.23. The number of anilines is 1. The van der Waals surface area contributed by atoms with Gasteiger partial charge in [-0.15, -0.1) is 16.4 Å². The second-order valence-corrected chi connectivity index (χ2v) is 8.44. The average molecular weight is 409 g/mol. The molecule has 0 amide bonds. The Morgan fingerprint density at radius 2 is 2.15 bits per heavy atom. The van der Waals surface area contributed by atoms with E-state index in [1.807, 2.05) is 13.0 Å². The number of carbonyl (C=O) groups is 1. The van der Waals surface area contributed by atoms with Crippen LogP contribution in [-0.2, 0) is 14.8 Å². The van der Waals surface area contributed by atoms with E-state index in [0.717, 1.165) is 42.7 Å². The van der Waals surface area contributed by atoms with Gasteiger partial charge in [-0.05, 0) is 37.3 Å². The molecule has 1 fully saturated rings. The smallest absolute Gasteiger partial charge is 0.437 e. The van der Waals surface area contributed by atoms with Crippen LogP contribution < -0.4 is 9.46 Å². The molecule has 3 heterocycles. The molecule has 3 aromatic heterocycles. The molecule has 3 aromatic rings. The van der Waals surface area contributed by atoms with E-state index in [0.29, 0.717) is 5.92 Å². The van der Waals surface area contributed by atoms with Crippen LogP contribution in [0.4, 0.5) is 10.5 Å². The van der Waals surface area contributed by atoms with Crippen LogP contribution in [0.25, 0.3) is 5.78 Å². The number of sulfonamides is 1. The highest BCUT2D eigenvalue weighted by Crippen LogP contribution is 2.39. The van der Waals surface area contributed by atoms with Crippen LogP contribution in [0.1, 0.15) is 30.1 Å². The molecular weight excluding hydrogens is 394 g/mol. The Balaban J connectivity index is 1.65. The lowest BCUT2D eigenvalue weighted by atomic mass is 10.2. The van der Waals surface area contributed by atoms with Crippen molar-refractivity contribution in [3.63, 3.8) is 0 Å². The fourth-order valence-electron chi connectivity index (χ4n) is 2.48. The predicted molar refractivity (Wildman–Crippen MR) is 95.7 cm³/mol. The molecule has 1 saturated carbocycles. The summed E-state index contributed by atoms with van der Waals surface area (Å²) in [7, 11) is -2.94. The molecule has 0 bridgehead atoms. The Labute approximate surface area is 158 Å². The van der Waals surface area contributed by atoms with Crippen LogP contribution in [0.3, 0.4) is 0 Å². The van der Waals surface area contributed by atoms with Crippen LogP contribution in [0, 0.1) is 6.92 Å². The van der Waals surface area contributed by atoms with Crippen molar-refractivity contribution in [2.24, 2.45) is 0 Å². The molecule has 0 aliphatic heterocycles. The highest BCUT2D eigenvalue weighted by molar-refractivity contribution is 7.92. The highest BCUT2D eigenvalue weighted by atomic mass is 32.2. The van der Waals surface area contributed by atoms with Gasteiger partial charge < -0.3 is 9.47 Å². The first-order chi connectivity index (χ1) is 12.9. The Hall–Kier alpha value is -2.73. The molecule has 1 aliphatic rings. The van der Waals surface area contributed by atoms with Crippen molar-refractivity contribution in [2.45, 2.75) is 30.8 Å². The van der Waals surface area contributed by atoms with Crippen LogP contribution >= 0.6 is 11.3 Å². The van der Waals surface area contributed by atoms with Gasteiger partial charge in [-0.3, -0.25) is 4.72 Å². The van der Waals surface area contributed by atoms with E-state index >= 15 is 0 Å². The van der Waals surface area contributed by atoms with E-state index in [4.69, 9.17) is 4.74 Å². The quantitative estimate of drug-likeness (QED) is 0.637. The fraction of sp³-hybridized carbons (Fsp3) is 0.333. The molecule has 0 saturated heterocycles. The number of nitrogens with one attached hydrogen (secondary N) is 1. The summed E-state index contributed by atoms with van der Waals surface area (Å²) in [5, 5.41) is 5.27. The molecule has 10 nitrogen and oxygen atoms in total. The number of methoxy groups -OCH3 is 1. The van der Waals surface area contributed by atoms with Crippen LogP contribution in [0.2, 0.25) is 0 Å². The minimum Gasteiger partial charge on any atom is -0.437 e. The summed E-state index contributed by atoms with van der Waals surface area (Å²) >= 11 is 1.04. The molecule has 0 spiro atoms. The maximum Gasteiger partial charge on any atom is 0.514 e. The maximum atomic E-state index is 12.7. The summed E-state index contributed by atoms with van der Waals surface area (Å²) in [6.45, 7) is 1.82. The van der Waals surface area contributed by atoms with Crippen molar-refractivity contribution in [3.05, 3.63) is 28.9 Å². The molecule has 142 valence electrons. The normalized spacial score (nSPS) is 14.3. The lowest BCUT2D eigenvalue weighted by Gasteiger charge is -2.05. The van der Waals surface area contributed by atoms with Gasteiger partial charge in [-0.2, -0.15) is 13.4 Å². The van der Waals surface area contributed by atoms with E-state index in [2.05, 4.69) is 24.5 Å². The standard InChI is InChI=1S/C15H15N5O5S2/c1-8-7-11(9-3-4-9)16-13-17-14(18-20(8)13)27(22,23)19-10-5-6-26-12(10)25-15(21)24-2/h5-7,9,19H,3-4H2,1-2H3. The zero-order chi connectivity index (χ0) is 19.2. The largest absolute Gasteiger partial charge is 0.514 e. The summed E-state index contributed by atoms with van der Waals surface area (Å²) < 4.78 is 38.4. The predicted octanol–water partition coefficient (Wildman–Crippen LogP) is 2.32. The zero-order valence-corrected chi connectivity index (χ0v) is 16.0. The Bertz CT molecular complexity index is 1130. The van der Waals surface area contributed by atoms with E-state index in [1.54, 1.807) is 5.38 Å². The van der Waals surface area contributed by atoms with E-state index in [1.165, 1.54) is 10.6 Å². The maximum absolute atomic E-state index is 12.7. The van der Waals surface area contributed by atoms with E-state index in [9.17, 15) is 13.2 Å². The molecular formula is C15H15N5O5S2. The van der Waals surface area contributed by atoms with Gasteiger partial charge in [-0.25, -0.2) is 14.3 Å². The number of hydrogen-bond acceptors (Lipinski definition) is 9. The first-order valence-electron chi connectivity index (χ1n) is 7.98. The van der Waals surface area contributed by atoms with Gasteiger partial charge in [0.2, 0.25) is 5.06 Å². The molecule has 4 rings (SSSR count). The second kappa shape index (κ2) is 6.46. The number of aromatic nitrogens is 4. The van der Waals surface area contributed by atoms with Crippen LogP contribution in [-0.4, -0.2) is 41.3 Å². The highest BCUT2D eigenvalue weighted by Gasteiger charge is 2.28. The van der Waals surface area contributed by atoms with Gasteiger partial charge >= 0.3 is 6.16 Å². The lowest BCUT2D eigenvalue weighted by molar-refractivity contribution is 0.123. The molecule has 0 aromatic carbocycles. The molecule has 0 atom stereocenters. The number of carbonyl (C=O) groups excluding carboxylic acids is 1. The number of hydrogen-bond donors (Lipinski definition) is 1. The number of ether oxygens (including phenoxy) is 2. The molecule has 0 radical (unpaired) electrons. The summed E-state index contributed by atoms with van der Waals surface area (Å²) in [6.07, 6.45) is 1.20. The van der Waals surface area contributed by atoms with Gasteiger partial charge in [0, 0.05) is 17.3 Å². The first kappa shape index (κ1) is 17.7. The van der Waals surface area contributed by atoms with Crippen LogP contribution in [0.5, 0.6) is 5.06 Å². The summed E-state index contributed by atoms with van der Waals surface area (Å²) in [4.78, 5) is 19.7. The SMILES string of the molecule is COC(=O)Oc1sccc1NS(=O)(=O)c1nc2nc(C3CC3)cc(C)n2n1. The fourth-order valence-corrected chi connectivity index (χ4v) is 4.16. The number of aryl methyl sites for hydroxylation is 1. The third-order valence-corrected chi connectivity index (χ3v) is 5.88. The minimum atomic E-state index is -4.10. The number of thiophene rings is 1. The number of fused-ring (bicyclic) bond motifs is 1. The molecule has 27 heavy (non-hydrogen) atoms. The monoisotopic (exact) mass is 409 g/mol.